The van der Waals surface area contributed by atoms with E-state index in [2.05, 4.69) is 60.6 Å². The minimum absolute atomic E-state index is 0.0511. The van der Waals surface area contributed by atoms with Crippen LogP contribution in [0.2, 0.25) is 0 Å². The van der Waals surface area contributed by atoms with E-state index in [1.165, 1.54) is 51.4 Å². The predicted octanol–water partition coefficient (Wildman–Crippen LogP) is 8.13. The van der Waals surface area contributed by atoms with Crippen molar-refractivity contribution >= 4 is 0 Å². The van der Waals surface area contributed by atoms with Crippen molar-refractivity contribution in [2.24, 2.45) is 64.1 Å². The van der Waals surface area contributed by atoms with E-state index in [0.29, 0.717) is 16.7 Å². The summed E-state index contributed by atoms with van der Waals surface area (Å²) in [7, 11) is 0. The molecule has 0 radical (unpaired) electrons. The molecule has 0 saturated heterocycles. The fourth-order valence-electron chi connectivity index (χ4n) is 9.90. The summed E-state index contributed by atoms with van der Waals surface area (Å²) < 4.78 is 0. The molecule has 4 fully saturated rings. The Kier molecular flexibility index (Phi) is 6.78. The Morgan fingerprint density at radius 3 is 2.16 bits per heavy atom. The van der Waals surface area contributed by atoms with Crippen LogP contribution >= 0.6 is 0 Å². The minimum Gasteiger partial charge on any atom is -0.393 e. The maximum Gasteiger partial charge on any atom is 0.0568 e. The molecule has 4 rings (SSSR count). The molecule has 0 aromatic heterocycles. The quantitative estimate of drug-likeness (QED) is 0.438. The van der Waals surface area contributed by atoms with Crippen LogP contribution in [0.4, 0.5) is 0 Å². The Hall–Kier alpha value is -0.300. The van der Waals surface area contributed by atoms with E-state index >= 15 is 0 Å². The highest BCUT2D eigenvalue weighted by molar-refractivity contribution is 5.12. The number of aliphatic hydroxyl groups excluding tert-OH is 1. The van der Waals surface area contributed by atoms with Gasteiger partial charge < -0.3 is 5.11 Å². The van der Waals surface area contributed by atoms with Crippen LogP contribution in [0.25, 0.3) is 0 Å². The molecule has 0 aromatic carbocycles. The second-order valence-corrected chi connectivity index (χ2v) is 13.3. The van der Waals surface area contributed by atoms with E-state index in [4.69, 9.17) is 0 Å². The number of hydrogen-bond donors (Lipinski definition) is 1. The normalized spacial score (nSPS) is 49.5. The van der Waals surface area contributed by atoms with Crippen LogP contribution < -0.4 is 0 Å². The molecule has 4 aliphatic carbocycles. The monoisotopic (exact) mass is 428 g/mol. The number of fused-ring (bicyclic) bond motifs is 5. The summed E-state index contributed by atoms with van der Waals surface area (Å²) in [5.74, 6) is 7.14. The third-order valence-electron chi connectivity index (χ3n) is 11.9. The summed E-state index contributed by atoms with van der Waals surface area (Å²) in [4.78, 5) is 0. The summed E-state index contributed by atoms with van der Waals surface area (Å²) in [6.07, 6.45) is 17.3. The molecule has 0 amide bonds. The smallest absolute Gasteiger partial charge is 0.0568 e. The van der Waals surface area contributed by atoms with Gasteiger partial charge in [-0.3, -0.25) is 0 Å². The zero-order chi connectivity index (χ0) is 22.6. The number of allylic oxidation sites excluding steroid dienone is 2. The van der Waals surface area contributed by atoms with Gasteiger partial charge >= 0.3 is 0 Å². The zero-order valence-corrected chi connectivity index (χ0v) is 21.7. The first-order valence-corrected chi connectivity index (χ1v) is 14.0. The topological polar surface area (TPSA) is 20.2 Å². The van der Waals surface area contributed by atoms with Crippen LogP contribution in [0.15, 0.2) is 12.2 Å². The van der Waals surface area contributed by atoms with Gasteiger partial charge in [-0.05, 0) is 122 Å². The number of aliphatic hydroxyl groups is 1. The molecule has 0 heterocycles. The van der Waals surface area contributed by atoms with Crippen LogP contribution in [0, 0.1) is 64.1 Å². The third-order valence-corrected chi connectivity index (χ3v) is 11.9. The van der Waals surface area contributed by atoms with Crippen molar-refractivity contribution in [2.45, 2.75) is 112 Å². The largest absolute Gasteiger partial charge is 0.393 e. The second kappa shape index (κ2) is 8.81. The van der Waals surface area contributed by atoms with Crippen LogP contribution in [0.3, 0.4) is 0 Å². The van der Waals surface area contributed by atoms with Gasteiger partial charge in [0, 0.05) is 0 Å². The highest BCUT2D eigenvalue weighted by atomic mass is 16.3. The van der Waals surface area contributed by atoms with Crippen molar-refractivity contribution in [1.82, 2.24) is 0 Å². The van der Waals surface area contributed by atoms with Crippen molar-refractivity contribution in [3.8, 4) is 0 Å². The Bertz CT molecular complexity index is 651. The van der Waals surface area contributed by atoms with Gasteiger partial charge in [0.25, 0.3) is 0 Å². The Labute approximate surface area is 193 Å². The molecule has 11 atom stereocenters. The first-order valence-electron chi connectivity index (χ1n) is 14.0. The Morgan fingerprint density at radius 1 is 0.839 bits per heavy atom. The molecule has 0 aromatic rings. The van der Waals surface area contributed by atoms with Crippen molar-refractivity contribution in [1.29, 1.82) is 0 Å². The van der Waals surface area contributed by atoms with Gasteiger partial charge in [0.15, 0.2) is 0 Å². The summed E-state index contributed by atoms with van der Waals surface area (Å²) in [6, 6.07) is 0. The lowest BCUT2D eigenvalue weighted by atomic mass is 9.43. The number of hydrogen-bond acceptors (Lipinski definition) is 1. The predicted molar refractivity (Wildman–Crippen MR) is 133 cm³/mol. The molecule has 31 heavy (non-hydrogen) atoms. The Morgan fingerprint density at radius 2 is 1.48 bits per heavy atom. The SMILES string of the molecule is CC[C@@H](/C=C/[C@@H](C)[C@H]1CC[C@H]2[C@@H]3CC[C@H]4[C@H](C)[C@@H](O)CC[C@]4(C)[C@H]3CC[C@]12C)C(C)C. The van der Waals surface area contributed by atoms with Gasteiger partial charge in [-0.25, -0.2) is 0 Å². The van der Waals surface area contributed by atoms with Crippen molar-refractivity contribution in [3.63, 3.8) is 0 Å². The number of rotatable bonds is 5. The highest BCUT2D eigenvalue weighted by Crippen LogP contribution is 2.68. The molecule has 4 saturated carbocycles. The van der Waals surface area contributed by atoms with Gasteiger partial charge in [-0.15, -0.1) is 0 Å². The fraction of sp³-hybridized carbons (Fsp3) is 0.933. The molecule has 0 unspecified atom stereocenters. The standard InChI is InChI=1S/C30H52O/c1-8-22(19(2)3)10-9-20(4)24-13-14-26-23-11-12-25-21(5)28(31)16-18-30(25,7)27(23)15-17-29(24,26)6/h9-10,19-28,31H,8,11-18H2,1-7H3/b10-9+/t20-,21+,22+,23+,24-,25+,26+,27+,28+,29-,30+/m1/s1. The zero-order valence-electron chi connectivity index (χ0n) is 21.7. The maximum atomic E-state index is 10.5. The van der Waals surface area contributed by atoms with Gasteiger partial charge in [0.1, 0.15) is 0 Å². The lowest BCUT2D eigenvalue weighted by molar-refractivity contribution is -0.148. The molecular formula is C30H52O. The molecule has 0 bridgehead atoms. The van der Waals surface area contributed by atoms with Gasteiger partial charge in [0.2, 0.25) is 0 Å². The molecule has 1 heteroatoms. The summed E-state index contributed by atoms with van der Waals surface area (Å²) >= 11 is 0. The van der Waals surface area contributed by atoms with E-state index in [1.807, 2.05) is 0 Å². The Balaban J connectivity index is 1.51. The fourth-order valence-corrected chi connectivity index (χ4v) is 9.90. The third kappa shape index (κ3) is 3.87. The van der Waals surface area contributed by atoms with Gasteiger partial charge in [-0.1, -0.05) is 60.6 Å². The van der Waals surface area contributed by atoms with E-state index in [1.54, 1.807) is 0 Å². The van der Waals surface area contributed by atoms with E-state index in [9.17, 15) is 5.11 Å². The average molecular weight is 429 g/mol. The summed E-state index contributed by atoms with van der Waals surface area (Å²) in [5, 5.41) is 10.5. The van der Waals surface area contributed by atoms with Crippen molar-refractivity contribution in [2.75, 3.05) is 0 Å². The molecule has 1 nitrogen and oxygen atoms in total. The van der Waals surface area contributed by atoms with E-state index in [-0.39, 0.29) is 6.10 Å². The summed E-state index contributed by atoms with van der Waals surface area (Å²) in [6.45, 7) is 17.3. The van der Waals surface area contributed by atoms with E-state index in [0.717, 1.165) is 53.8 Å². The maximum absolute atomic E-state index is 10.5. The first-order chi connectivity index (χ1) is 14.6. The highest BCUT2D eigenvalue weighted by Gasteiger charge is 2.61. The lowest BCUT2D eigenvalue weighted by Gasteiger charge is -2.62. The summed E-state index contributed by atoms with van der Waals surface area (Å²) in [5.41, 5.74) is 1.03. The lowest BCUT2D eigenvalue weighted by Crippen LogP contribution is -2.56. The average Bonchev–Trinajstić information content (AvgIpc) is 3.08. The van der Waals surface area contributed by atoms with E-state index < -0.39 is 0 Å². The molecule has 0 aliphatic heterocycles. The van der Waals surface area contributed by atoms with Crippen LogP contribution in [-0.4, -0.2) is 11.2 Å². The van der Waals surface area contributed by atoms with Gasteiger partial charge in [0.05, 0.1) is 6.10 Å². The van der Waals surface area contributed by atoms with Crippen LogP contribution in [0.5, 0.6) is 0 Å². The molecular weight excluding hydrogens is 376 g/mol. The second-order valence-electron chi connectivity index (χ2n) is 13.3. The molecule has 1 N–H and O–H groups in total. The minimum atomic E-state index is -0.0511. The molecule has 0 spiro atoms. The van der Waals surface area contributed by atoms with Crippen molar-refractivity contribution in [3.05, 3.63) is 12.2 Å². The van der Waals surface area contributed by atoms with Crippen LogP contribution in [-0.2, 0) is 0 Å². The van der Waals surface area contributed by atoms with Crippen molar-refractivity contribution < 1.29 is 5.11 Å². The van der Waals surface area contributed by atoms with Crippen LogP contribution in [0.1, 0.15) is 106 Å². The van der Waals surface area contributed by atoms with Gasteiger partial charge in [-0.2, -0.15) is 0 Å². The molecule has 4 aliphatic rings. The first kappa shape index (κ1) is 23.8. The molecule has 178 valence electrons.